The molecular formula is C17H16Cl3N3S. The third-order valence-electron chi connectivity index (χ3n) is 3.85. The molecule has 126 valence electrons. The van der Waals surface area contributed by atoms with Crippen molar-refractivity contribution < 1.29 is 0 Å². The van der Waals surface area contributed by atoms with Crippen LogP contribution < -0.4 is 10.2 Å². The molecule has 3 nitrogen and oxygen atoms in total. The number of anilines is 2. The highest BCUT2D eigenvalue weighted by Gasteiger charge is 2.19. The van der Waals surface area contributed by atoms with E-state index in [-0.39, 0.29) is 0 Å². The summed E-state index contributed by atoms with van der Waals surface area (Å²) in [6, 6.07) is 13.2. The van der Waals surface area contributed by atoms with Crippen molar-refractivity contribution in [1.29, 1.82) is 0 Å². The molecule has 0 saturated carbocycles. The van der Waals surface area contributed by atoms with Crippen molar-refractivity contribution >= 4 is 63.5 Å². The van der Waals surface area contributed by atoms with E-state index in [1.165, 1.54) is 0 Å². The number of rotatable bonds is 2. The summed E-state index contributed by atoms with van der Waals surface area (Å²) in [5.41, 5.74) is 1.94. The first-order valence-corrected chi connectivity index (χ1v) is 9.08. The molecule has 1 aliphatic rings. The van der Waals surface area contributed by atoms with Crippen LogP contribution in [0.4, 0.5) is 11.4 Å². The fourth-order valence-electron chi connectivity index (χ4n) is 2.67. The minimum absolute atomic E-state index is 0.582. The molecule has 0 aromatic heterocycles. The van der Waals surface area contributed by atoms with Gasteiger partial charge >= 0.3 is 0 Å². The standard InChI is InChI=1S/C17H16Cl3N3S/c18-12-2-1-3-16(11-12)22-4-6-23(7-5-22)17(24)21-15-9-13(19)8-14(20)10-15/h1-3,8-11H,4-7H2,(H,21,24). The average Bonchev–Trinajstić information content (AvgIpc) is 2.54. The zero-order valence-electron chi connectivity index (χ0n) is 12.8. The Hall–Kier alpha value is -1.20. The lowest BCUT2D eigenvalue weighted by molar-refractivity contribution is 0.391. The maximum Gasteiger partial charge on any atom is 0.173 e. The minimum Gasteiger partial charge on any atom is -0.368 e. The molecule has 0 spiro atoms. The first-order chi connectivity index (χ1) is 11.5. The highest BCUT2D eigenvalue weighted by atomic mass is 35.5. The largest absolute Gasteiger partial charge is 0.368 e. The number of nitrogens with zero attached hydrogens (tertiary/aromatic N) is 2. The molecule has 0 amide bonds. The van der Waals surface area contributed by atoms with Crippen LogP contribution in [0.2, 0.25) is 15.1 Å². The summed E-state index contributed by atoms with van der Waals surface area (Å²) in [5, 5.41) is 5.80. The molecule has 3 rings (SSSR count). The van der Waals surface area contributed by atoms with E-state index in [0.717, 1.165) is 42.6 Å². The zero-order valence-corrected chi connectivity index (χ0v) is 15.9. The van der Waals surface area contributed by atoms with Gasteiger partial charge in [0.15, 0.2) is 5.11 Å². The Morgan fingerprint density at radius 1 is 0.875 bits per heavy atom. The van der Waals surface area contributed by atoms with Gasteiger partial charge in [0, 0.05) is 52.6 Å². The van der Waals surface area contributed by atoms with Gasteiger partial charge in [0.2, 0.25) is 0 Å². The van der Waals surface area contributed by atoms with E-state index in [1.54, 1.807) is 6.07 Å². The van der Waals surface area contributed by atoms with Crippen molar-refractivity contribution in [2.75, 3.05) is 36.4 Å². The Morgan fingerprint density at radius 3 is 2.17 bits per heavy atom. The molecule has 1 heterocycles. The second-order valence-electron chi connectivity index (χ2n) is 5.54. The van der Waals surface area contributed by atoms with Crippen molar-refractivity contribution in [3.05, 3.63) is 57.5 Å². The molecule has 2 aromatic rings. The maximum atomic E-state index is 6.07. The SMILES string of the molecule is S=C(Nc1cc(Cl)cc(Cl)c1)N1CCN(c2cccc(Cl)c2)CC1. The fraction of sp³-hybridized carbons (Fsp3) is 0.235. The van der Waals surface area contributed by atoms with E-state index in [0.29, 0.717) is 15.2 Å². The second-order valence-corrected chi connectivity index (χ2v) is 7.24. The molecule has 2 aromatic carbocycles. The number of hydrogen-bond acceptors (Lipinski definition) is 2. The van der Waals surface area contributed by atoms with E-state index in [4.69, 9.17) is 47.0 Å². The van der Waals surface area contributed by atoms with E-state index in [9.17, 15) is 0 Å². The van der Waals surface area contributed by atoms with Gasteiger partial charge in [-0.2, -0.15) is 0 Å². The lowest BCUT2D eigenvalue weighted by atomic mass is 10.2. The Bertz CT molecular complexity index is 725. The average molecular weight is 401 g/mol. The van der Waals surface area contributed by atoms with Crippen molar-refractivity contribution in [3.8, 4) is 0 Å². The molecule has 1 fully saturated rings. The first kappa shape index (κ1) is 17.6. The predicted octanol–water partition coefficient (Wildman–Crippen LogP) is 5.17. The van der Waals surface area contributed by atoms with Crippen LogP contribution in [0, 0.1) is 0 Å². The van der Waals surface area contributed by atoms with Crippen LogP contribution in [0.3, 0.4) is 0 Å². The molecule has 0 atom stereocenters. The topological polar surface area (TPSA) is 18.5 Å². The quantitative estimate of drug-likeness (QED) is 0.701. The van der Waals surface area contributed by atoms with Gasteiger partial charge < -0.3 is 15.1 Å². The van der Waals surface area contributed by atoms with Crippen molar-refractivity contribution in [2.45, 2.75) is 0 Å². The van der Waals surface area contributed by atoms with Crippen molar-refractivity contribution in [1.82, 2.24) is 4.90 Å². The highest BCUT2D eigenvalue weighted by Crippen LogP contribution is 2.24. The van der Waals surface area contributed by atoms with Gasteiger partial charge in [-0.1, -0.05) is 40.9 Å². The van der Waals surface area contributed by atoms with E-state index >= 15 is 0 Å². The Morgan fingerprint density at radius 2 is 1.54 bits per heavy atom. The molecule has 0 unspecified atom stereocenters. The van der Waals surface area contributed by atoms with E-state index in [1.807, 2.05) is 30.3 Å². The van der Waals surface area contributed by atoms with Crippen LogP contribution in [0.25, 0.3) is 0 Å². The van der Waals surface area contributed by atoms with Gasteiger partial charge in [0.1, 0.15) is 0 Å². The fourth-order valence-corrected chi connectivity index (χ4v) is 3.68. The van der Waals surface area contributed by atoms with E-state index in [2.05, 4.69) is 21.2 Å². The summed E-state index contributed by atoms with van der Waals surface area (Å²) < 4.78 is 0. The van der Waals surface area contributed by atoms with Crippen molar-refractivity contribution in [2.24, 2.45) is 0 Å². The van der Waals surface area contributed by atoms with E-state index < -0.39 is 0 Å². The predicted molar refractivity (Wildman–Crippen MR) is 108 cm³/mol. The van der Waals surface area contributed by atoms with Crippen molar-refractivity contribution in [3.63, 3.8) is 0 Å². The monoisotopic (exact) mass is 399 g/mol. The molecule has 7 heteroatoms. The maximum absolute atomic E-state index is 6.07. The highest BCUT2D eigenvalue weighted by molar-refractivity contribution is 7.80. The summed E-state index contributed by atoms with van der Waals surface area (Å²) in [7, 11) is 0. The molecule has 1 aliphatic heterocycles. The normalized spacial score (nSPS) is 14.6. The summed E-state index contributed by atoms with van der Waals surface area (Å²) >= 11 is 23.6. The molecule has 0 aliphatic carbocycles. The summed E-state index contributed by atoms with van der Waals surface area (Å²) in [4.78, 5) is 4.45. The number of nitrogens with one attached hydrogen (secondary N) is 1. The first-order valence-electron chi connectivity index (χ1n) is 7.54. The van der Waals surface area contributed by atoms with Gasteiger partial charge in [-0.25, -0.2) is 0 Å². The number of thiocarbonyl (C=S) groups is 1. The van der Waals surface area contributed by atoms with Gasteiger partial charge in [-0.05, 0) is 48.6 Å². The lowest BCUT2D eigenvalue weighted by Gasteiger charge is -2.37. The van der Waals surface area contributed by atoms with Gasteiger partial charge in [0.05, 0.1) is 0 Å². The summed E-state index contributed by atoms with van der Waals surface area (Å²) in [5.74, 6) is 0. The number of benzene rings is 2. The zero-order chi connectivity index (χ0) is 17.1. The number of hydrogen-bond donors (Lipinski definition) is 1. The second kappa shape index (κ2) is 7.79. The molecule has 1 saturated heterocycles. The Balaban J connectivity index is 1.59. The lowest BCUT2D eigenvalue weighted by Crippen LogP contribution is -2.50. The molecule has 0 radical (unpaired) electrons. The molecule has 1 N–H and O–H groups in total. The van der Waals surface area contributed by atoms with Crippen LogP contribution in [0.15, 0.2) is 42.5 Å². The number of piperazine rings is 1. The van der Waals surface area contributed by atoms with Crippen LogP contribution >= 0.6 is 47.0 Å². The minimum atomic E-state index is 0.582. The molecule has 0 bridgehead atoms. The van der Waals surface area contributed by atoms with Crippen LogP contribution in [0.5, 0.6) is 0 Å². The number of halogens is 3. The van der Waals surface area contributed by atoms with Gasteiger partial charge in [-0.15, -0.1) is 0 Å². The summed E-state index contributed by atoms with van der Waals surface area (Å²) in [6.45, 7) is 3.45. The molecular weight excluding hydrogens is 385 g/mol. The third-order valence-corrected chi connectivity index (χ3v) is 4.89. The Labute approximate surface area is 162 Å². The van der Waals surface area contributed by atoms with Crippen LogP contribution in [0.1, 0.15) is 0 Å². The summed E-state index contributed by atoms with van der Waals surface area (Å²) in [6.07, 6.45) is 0. The smallest absolute Gasteiger partial charge is 0.173 e. The van der Waals surface area contributed by atoms with Gasteiger partial charge in [-0.3, -0.25) is 0 Å². The third kappa shape index (κ3) is 4.45. The van der Waals surface area contributed by atoms with Crippen LogP contribution in [-0.4, -0.2) is 36.2 Å². The molecule has 24 heavy (non-hydrogen) atoms. The Kier molecular flexibility index (Phi) is 5.72. The van der Waals surface area contributed by atoms with Crippen LogP contribution in [-0.2, 0) is 0 Å². The van der Waals surface area contributed by atoms with Gasteiger partial charge in [0.25, 0.3) is 0 Å².